The number of thioether (sulfide) groups is 1. The lowest BCUT2D eigenvalue weighted by atomic mass is 10.2. The van der Waals surface area contributed by atoms with Crippen LogP contribution in [0.4, 0.5) is 5.69 Å². The summed E-state index contributed by atoms with van der Waals surface area (Å²) in [7, 11) is -8.02. The number of thiazole rings is 1. The fourth-order valence-electron chi connectivity index (χ4n) is 4.51. The van der Waals surface area contributed by atoms with Crippen molar-refractivity contribution in [2.75, 3.05) is 23.0 Å². The lowest BCUT2D eigenvalue weighted by Crippen LogP contribution is -2.35. The minimum absolute atomic E-state index is 0.277. The summed E-state index contributed by atoms with van der Waals surface area (Å²) in [5.41, 5.74) is 3.07. The number of benzene rings is 2. The Labute approximate surface area is 259 Å². The number of aryl methyl sites for hydroxylation is 1. The van der Waals surface area contributed by atoms with Crippen molar-refractivity contribution < 1.29 is 30.5 Å². The van der Waals surface area contributed by atoms with E-state index in [1.807, 2.05) is 36.4 Å². The zero-order valence-corrected chi connectivity index (χ0v) is 27.1. The molecule has 2 aromatic carbocycles. The molecule has 0 spiro atoms. The summed E-state index contributed by atoms with van der Waals surface area (Å²) in [5, 5.41) is 3.25. The standard InChI is InChI=1S/C27H30Cl2N2O6S4/c1-2-19(15-26-30(11-3-5-13-40(32,33)34)22-9-7-20(28)17-24(22)38-26)16-27-31(12-4-6-14-41(35,36)37)23-10-8-21(29)18-25(23)39-27/h7-10,15-18H,2-6,11-14H2,1H3,(H-,32,33,34,35,36,37)/p+1. The molecule has 0 saturated heterocycles. The van der Waals surface area contributed by atoms with Gasteiger partial charge < -0.3 is 4.90 Å². The van der Waals surface area contributed by atoms with E-state index < -0.39 is 20.2 Å². The van der Waals surface area contributed by atoms with Crippen molar-refractivity contribution in [1.29, 1.82) is 0 Å². The molecule has 1 aliphatic heterocycles. The highest BCUT2D eigenvalue weighted by atomic mass is 35.5. The van der Waals surface area contributed by atoms with Gasteiger partial charge in [-0.2, -0.15) is 21.4 Å². The van der Waals surface area contributed by atoms with E-state index in [2.05, 4.69) is 28.5 Å². The Bertz CT molecular complexity index is 1700. The van der Waals surface area contributed by atoms with Crippen molar-refractivity contribution in [1.82, 2.24) is 0 Å². The fourth-order valence-corrected chi connectivity index (χ4v) is 8.53. The Morgan fingerprint density at radius 2 is 1.61 bits per heavy atom. The number of fused-ring (bicyclic) bond motifs is 2. The summed E-state index contributed by atoms with van der Waals surface area (Å²) >= 11 is 15.7. The first kappa shape index (κ1) is 32.3. The van der Waals surface area contributed by atoms with Crippen LogP contribution in [0.2, 0.25) is 10.0 Å². The molecule has 2 N–H and O–H groups in total. The van der Waals surface area contributed by atoms with E-state index in [-0.39, 0.29) is 11.5 Å². The van der Waals surface area contributed by atoms with Gasteiger partial charge in [-0.3, -0.25) is 9.11 Å². The van der Waals surface area contributed by atoms with Crippen LogP contribution in [0, 0.1) is 0 Å². The van der Waals surface area contributed by atoms with Gasteiger partial charge in [-0.05, 0) is 67.7 Å². The smallest absolute Gasteiger partial charge is 0.264 e. The van der Waals surface area contributed by atoms with Gasteiger partial charge in [0.25, 0.3) is 25.2 Å². The highest BCUT2D eigenvalue weighted by Gasteiger charge is 2.26. The van der Waals surface area contributed by atoms with Gasteiger partial charge in [0.1, 0.15) is 4.70 Å². The van der Waals surface area contributed by atoms with Crippen molar-refractivity contribution in [3.8, 4) is 0 Å². The van der Waals surface area contributed by atoms with Gasteiger partial charge in [0.15, 0.2) is 6.54 Å². The first-order valence-electron chi connectivity index (χ1n) is 13.0. The van der Waals surface area contributed by atoms with Gasteiger partial charge >= 0.3 is 0 Å². The molecule has 14 heteroatoms. The Morgan fingerprint density at radius 3 is 2.29 bits per heavy atom. The maximum absolute atomic E-state index is 11.2. The van der Waals surface area contributed by atoms with Crippen LogP contribution in [-0.2, 0) is 26.8 Å². The third-order valence-corrected chi connectivity index (χ3v) is 10.7. The number of anilines is 1. The molecule has 0 amide bonds. The molecule has 1 aromatic heterocycles. The minimum atomic E-state index is -4.01. The van der Waals surface area contributed by atoms with Crippen molar-refractivity contribution in [2.24, 2.45) is 0 Å². The van der Waals surface area contributed by atoms with E-state index in [0.29, 0.717) is 48.8 Å². The second kappa shape index (κ2) is 13.8. The Kier molecular flexibility index (Phi) is 10.8. The van der Waals surface area contributed by atoms with Crippen LogP contribution < -0.4 is 9.47 Å². The van der Waals surface area contributed by atoms with Gasteiger partial charge in [0.2, 0.25) is 5.52 Å². The van der Waals surface area contributed by atoms with Gasteiger partial charge in [-0.1, -0.05) is 53.2 Å². The van der Waals surface area contributed by atoms with E-state index in [0.717, 1.165) is 42.8 Å². The van der Waals surface area contributed by atoms with E-state index in [1.165, 1.54) is 0 Å². The quantitative estimate of drug-likeness (QED) is 0.112. The van der Waals surface area contributed by atoms with Crippen molar-refractivity contribution in [2.45, 2.75) is 50.5 Å². The Hall–Kier alpha value is -1.64. The SMILES string of the molecule is CCC(=Cc1sc2cc(Cl)ccc2[n+]1CCCCS(=O)(=O)O)C=C1Sc2cc(Cl)ccc2N1CCCCS(=O)(=O)O. The summed E-state index contributed by atoms with van der Waals surface area (Å²) < 4.78 is 66.1. The Balaban J connectivity index is 1.65. The van der Waals surface area contributed by atoms with E-state index in [1.54, 1.807) is 23.1 Å². The number of rotatable bonds is 13. The molecule has 2 heterocycles. The minimum Gasteiger partial charge on any atom is -0.335 e. The molecular formula is C27H31Cl2N2O6S4+. The number of unbranched alkanes of at least 4 members (excludes halogenated alkanes) is 2. The van der Waals surface area contributed by atoms with Crippen LogP contribution in [0.25, 0.3) is 16.3 Å². The topological polar surface area (TPSA) is 116 Å². The highest BCUT2D eigenvalue weighted by Crippen LogP contribution is 2.47. The van der Waals surface area contributed by atoms with Crippen molar-refractivity contribution in [3.63, 3.8) is 0 Å². The molecule has 0 atom stereocenters. The van der Waals surface area contributed by atoms with E-state index in [9.17, 15) is 16.8 Å². The Morgan fingerprint density at radius 1 is 0.951 bits per heavy atom. The molecule has 41 heavy (non-hydrogen) atoms. The van der Waals surface area contributed by atoms with Crippen LogP contribution >= 0.6 is 46.3 Å². The molecule has 4 rings (SSSR count). The van der Waals surface area contributed by atoms with Crippen LogP contribution in [0.3, 0.4) is 0 Å². The summed E-state index contributed by atoms with van der Waals surface area (Å²) in [6, 6.07) is 11.4. The third kappa shape index (κ3) is 9.17. The molecule has 0 bridgehead atoms. The fraction of sp³-hybridized carbons (Fsp3) is 0.370. The molecule has 1 aliphatic rings. The predicted molar refractivity (Wildman–Crippen MR) is 169 cm³/mol. The predicted octanol–water partition coefficient (Wildman–Crippen LogP) is 7.08. The summed E-state index contributed by atoms with van der Waals surface area (Å²) in [4.78, 5) is 3.16. The maximum atomic E-state index is 11.2. The lowest BCUT2D eigenvalue weighted by molar-refractivity contribution is -0.669. The molecule has 3 aromatic rings. The van der Waals surface area contributed by atoms with E-state index >= 15 is 0 Å². The average Bonchev–Trinajstić information content (AvgIpc) is 3.38. The number of nitrogens with zero attached hydrogens (tertiary/aromatic N) is 2. The van der Waals surface area contributed by atoms with Gasteiger partial charge in [0, 0.05) is 40.0 Å². The normalized spacial score (nSPS) is 15.3. The zero-order chi connectivity index (χ0) is 29.8. The molecular weight excluding hydrogens is 647 g/mol. The largest absolute Gasteiger partial charge is 0.335 e. The zero-order valence-electron chi connectivity index (χ0n) is 22.3. The first-order valence-corrected chi connectivity index (χ1v) is 18.6. The van der Waals surface area contributed by atoms with Crippen molar-refractivity contribution >= 4 is 88.5 Å². The summed E-state index contributed by atoms with van der Waals surface area (Å²) in [6.07, 6.45) is 6.83. The van der Waals surface area contributed by atoms with Gasteiger partial charge in [0.05, 0.1) is 22.2 Å². The van der Waals surface area contributed by atoms with Crippen molar-refractivity contribution in [3.05, 3.63) is 68.1 Å². The number of halogens is 2. The average molecular weight is 679 g/mol. The van der Waals surface area contributed by atoms with Gasteiger partial charge in [-0.15, -0.1) is 0 Å². The first-order chi connectivity index (χ1) is 19.3. The highest BCUT2D eigenvalue weighted by molar-refractivity contribution is 8.03. The van der Waals surface area contributed by atoms with E-state index in [4.69, 9.17) is 32.3 Å². The summed E-state index contributed by atoms with van der Waals surface area (Å²) in [6.45, 7) is 3.23. The molecule has 0 saturated carbocycles. The van der Waals surface area contributed by atoms with Gasteiger partial charge in [-0.25, -0.2) is 0 Å². The number of aromatic nitrogens is 1. The van der Waals surface area contributed by atoms with Crippen LogP contribution in [0.15, 0.2) is 58.0 Å². The molecule has 0 unspecified atom stereocenters. The molecule has 0 fully saturated rings. The monoisotopic (exact) mass is 677 g/mol. The number of hydrogen-bond donors (Lipinski definition) is 2. The number of allylic oxidation sites excluding steroid dienone is 2. The number of hydrogen-bond acceptors (Lipinski definition) is 7. The van der Waals surface area contributed by atoms with Crippen LogP contribution in [-0.4, -0.2) is 44.0 Å². The molecule has 0 aliphatic carbocycles. The van der Waals surface area contributed by atoms with Crippen LogP contribution in [0.5, 0.6) is 0 Å². The molecule has 222 valence electrons. The third-order valence-electron chi connectivity index (χ3n) is 6.48. The summed E-state index contributed by atoms with van der Waals surface area (Å²) in [5.74, 6) is -0.554. The van der Waals surface area contributed by atoms with Crippen LogP contribution in [0.1, 0.15) is 44.0 Å². The second-order valence-electron chi connectivity index (χ2n) is 9.61. The second-order valence-corrected chi connectivity index (χ2v) is 15.8. The molecule has 8 nitrogen and oxygen atoms in total. The lowest BCUT2D eigenvalue weighted by Gasteiger charge is -2.20. The molecule has 0 radical (unpaired) electrons. The maximum Gasteiger partial charge on any atom is 0.264 e.